The van der Waals surface area contributed by atoms with Crippen molar-refractivity contribution >= 4 is 27.7 Å². The number of benzene rings is 3. The van der Waals surface area contributed by atoms with Gasteiger partial charge in [-0.15, -0.1) is 16.5 Å². The van der Waals surface area contributed by atoms with E-state index in [2.05, 4.69) is 10.1 Å². The first kappa shape index (κ1) is 29.3. The third-order valence-corrected chi connectivity index (χ3v) is 8.39. The van der Waals surface area contributed by atoms with Gasteiger partial charge < -0.3 is 5.11 Å². The summed E-state index contributed by atoms with van der Waals surface area (Å²) in [7, 11) is -3.75. The highest BCUT2D eigenvalue weighted by molar-refractivity contribution is 7.95. The fraction of sp³-hybridized carbons (Fsp3) is 0.138. The minimum Gasteiger partial charge on any atom is -0.476 e. The quantitative estimate of drug-likeness (QED) is 0.173. The predicted octanol–water partition coefficient (Wildman–Crippen LogP) is 6.79. The minimum absolute atomic E-state index is 0.0390. The van der Waals surface area contributed by atoms with Crippen LogP contribution in [0.2, 0.25) is 0 Å². The van der Waals surface area contributed by atoms with Gasteiger partial charge in [0.05, 0.1) is 5.69 Å². The number of nitrogens with two attached hydrogens (primary N) is 1. The summed E-state index contributed by atoms with van der Waals surface area (Å²) in [6.45, 7) is 3.85. The summed E-state index contributed by atoms with van der Waals surface area (Å²) in [5.74, 6) is -1.37. The first-order valence-corrected chi connectivity index (χ1v) is 14.9. The van der Waals surface area contributed by atoms with Crippen molar-refractivity contribution in [1.29, 1.82) is 0 Å². The van der Waals surface area contributed by atoms with Crippen molar-refractivity contribution < 1.29 is 31.8 Å². The summed E-state index contributed by atoms with van der Waals surface area (Å²) in [6.07, 6.45) is -5.14. The Bertz CT molecular complexity index is 1860. The van der Waals surface area contributed by atoms with E-state index in [4.69, 9.17) is 5.14 Å². The van der Waals surface area contributed by atoms with Crippen molar-refractivity contribution in [2.24, 2.45) is 5.14 Å². The van der Waals surface area contributed by atoms with Crippen LogP contribution in [0, 0.1) is 13.8 Å². The van der Waals surface area contributed by atoms with E-state index in [1.165, 1.54) is 24.3 Å². The zero-order chi connectivity index (χ0) is 30.4. The number of carbonyl (C=O) groups is 1. The molecule has 0 bridgehead atoms. The van der Waals surface area contributed by atoms with Crippen LogP contribution in [0.5, 0.6) is 0 Å². The monoisotopic (exact) mass is 613 g/mol. The SMILES string of the molecule is Cc1cccc(-c2cc(-c3nn(-c4nc(C(=O)O)cs4)c(C(F)(F)F)c3Cc3ccc([S+](N)(=O)O)cc3)ccc2C)c1. The summed E-state index contributed by atoms with van der Waals surface area (Å²) in [5.41, 5.74) is 2.84. The van der Waals surface area contributed by atoms with Crippen LogP contribution in [0.15, 0.2) is 77.0 Å². The molecule has 0 spiro atoms. The Morgan fingerprint density at radius 3 is 2.36 bits per heavy atom. The molecule has 2 heterocycles. The van der Waals surface area contributed by atoms with Gasteiger partial charge in [-0.05, 0) is 58.5 Å². The van der Waals surface area contributed by atoms with Gasteiger partial charge in [-0.3, -0.25) is 0 Å². The summed E-state index contributed by atoms with van der Waals surface area (Å²) in [5, 5.41) is 19.9. The van der Waals surface area contributed by atoms with Crippen LogP contribution in [0.25, 0.3) is 27.5 Å². The van der Waals surface area contributed by atoms with Crippen molar-refractivity contribution in [2.45, 2.75) is 31.3 Å². The lowest BCUT2D eigenvalue weighted by atomic mass is 9.93. The van der Waals surface area contributed by atoms with Gasteiger partial charge >= 0.3 is 22.5 Å². The molecule has 0 aliphatic heterocycles. The highest BCUT2D eigenvalue weighted by Crippen LogP contribution is 2.41. The molecule has 0 amide bonds. The molecule has 5 aromatic rings. The number of carboxylic acid groups (broad SMARTS) is 1. The average Bonchev–Trinajstić information content (AvgIpc) is 3.54. The van der Waals surface area contributed by atoms with Crippen LogP contribution in [0.3, 0.4) is 0 Å². The average molecular weight is 614 g/mol. The maximum Gasteiger partial charge on any atom is 0.433 e. The molecule has 4 N–H and O–H groups in total. The number of halogens is 3. The Kier molecular flexibility index (Phi) is 7.62. The molecule has 8 nitrogen and oxygen atoms in total. The fourth-order valence-corrected chi connectivity index (χ4v) is 5.92. The molecule has 42 heavy (non-hydrogen) atoms. The molecular weight excluding hydrogens is 589 g/mol. The van der Waals surface area contributed by atoms with Crippen molar-refractivity contribution in [3.63, 3.8) is 0 Å². The van der Waals surface area contributed by atoms with E-state index < -0.39 is 33.9 Å². The van der Waals surface area contributed by atoms with Gasteiger partial charge in [-0.2, -0.15) is 22.8 Å². The molecule has 3 aromatic carbocycles. The third kappa shape index (κ3) is 5.90. The van der Waals surface area contributed by atoms with Crippen LogP contribution >= 0.6 is 11.3 Å². The lowest BCUT2D eigenvalue weighted by Gasteiger charge is -2.13. The van der Waals surface area contributed by atoms with Crippen LogP contribution in [-0.2, 0) is 27.2 Å². The summed E-state index contributed by atoms with van der Waals surface area (Å²) < 4.78 is 66.4. The van der Waals surface area contributed by atoms with Gasteiger partial charge in [0, 0.05) is 22.9 Å². The zero-order valence-corrected chi connectivity index (χ0v) is 23.8. The number of aromatic nitrogens is 3. The number of rotatable bonds is 7. The highest BCUT2D eigenvalue weighted by Gasteiger charge is 2.41. The number of nitrogens with zero attached hydrogens (tertiary/aromatic N) is 3. The Balaban J connectivity index is 1.74. The van der Waals surface area contributed by atoms with E-state index in [-0.39, 0.29) is 27.7 Å². The van der Waals surface area contributed by atoms with Crippen molar-refractivity contribution in [3.8, 4) is 27.5 Å². The second-order valence-electron chi connectivity index (χ2n) is 9.69. The molecule has 0 saturated carbocycles. The molecule has 0 fully saturated rings. The fourth-order valence-electron chi connectivity index (χ4n) is 4.64. The highest BCUT2D eigenvalue weighted by atomic mass is 32.3. The normalized spacial score (nSPS) is 13.2. The Morgan fingerprint density at radius 1 is 1.05 bits per heavy atom. The minimum atomic E-state index is -4.89. The molecular formula is C29H24F3N4O4S2+. The zero-order valence-electron chi connectivity index (χ0n) is 22.2. The summed E-state index contributed by atoms with van der Waals surface area (Å²) in [4.78, 5) is 15.2. The number of thiazole rings is 1. The number of carboxylic acids is 1. The maximum absolute atomic E-state index is 14.8. The van der Waals surface area contributed by atoms with Gasteiger partial charge in [0.15, 0.2) is 11.4 Å². The molecule has 1 unspecified atom stereocenters. The van der Waals surface area contributed by atoms with Gasteiger partial charge in [0.25, 0.3) is 0 Å². The van der Waals surface area contributed by atoms with E-state index in [9.17, 15) is 31.8 Å². The smallest absolute Gasteiger partial charge is 0.433 e. The predicted molar refractivity (Wildman–Crippen MR) is 154 cm³/mol. The number of hydrogen-bond donors (Lipinski definition) is 3. The lowest BCUT2D eigenvalue weighted by molar-refractivity contribution is -0.143. The third-order valence-electron chi connectivity index (χ3n) is 6.63. The Morgan fingerprint density at radius 2 is 1.76 bits per heavy atom. The summed E-state index contributed by atoms with van der Waals surface area (Å²) in [6, 6.07) is 18.5. The molecule has 5 rings (SSSR count). The molecule has 13 heteroatoms. The number of aromatic carboxylic acids is 1. The van der Waals surface area contributed by atoms with E-state index >= 15 is 0 Å². The van der Waals surface area contributed by atoms with E-state index in [0.29, 0.717) is 15.8 Å². The summed E-state index contributed by atoms with van der Waals surface area (Å²) >= 11 is 0.728. The van der Waals surface area contributed by atoms with E-state index in [1.807, 2.05) is 44.2 Å². The largest absolute Gasteiger partial charge is 0.476 e. The number of alkyl halides is 3. The van der Waals surface area contributed by atoms with Crippen LogP contribution in [-0.4, -0.2) is 30.4 Å². The van der Waals surface area contributed by atoms with Crippen molar-refractivity contribution in [1.82, 2.24) is 14.8 Å². The lowest BCUT2D eigenvalue weighted by Crippen LogP contribution is -2.20. The molecule has 1 atom stereocenters. The molecule has 216 valence electrons. The second-order valence-corrected chi connectivity index (χ2v) is 12.1. The molecule has 2 aromatic heterocycles. The maximum atomic E-state index is 14.8. The molecule has 0 aliphatic rings. The number of aryl methyl sites for hydroxylation is 2. The molecule has 0 saturated heterocycles. The molecule has 0 radical (unpaired) electrons. The Hall–Kier alpha value is -4.17. The Labute approximate surface area is 243 Å². The van der Waals surface area contributed by atoms with Crippen molar-refractivity contribution in [3.05, 3.63) is 106 Å². The van der Waals surface area contributed by atoms with Crippen LogP contribution in [0.4, 0.5) is 13.2 Å². The topological polar surface area (TPSA) is 131 Å². The van der Waals surface area contributed by atoms with Crippen LogP contribution in [0.1, 0.15) is 38.4 Å². The standard InChI is InChI=1S/C29H23F3N4O4S2/c1-16-4-3-5-19(12-16)22-14-20(9-6-17(22)2)25-23(13-18-7-10-21(11-8-18)42(33,39)40)26(29(30,31)32)36(35-25)28-34-24(15-41-28)27(37)38/h3-12,14-15H,13H2,1-2H3,(H3-,33,37,38,39,40)/p+1. The number of hydrogen-bond acceptors (Lipinski definition) is 5. The molecule has 0 aliphatic carbocycles. The van der Waals surface area contributed by atoms with Gasteiger partial charge in [0.2, 0.25) is 10.0 Å². The van der Waals surface area contributed by atoms with Gasteiger partial charge in [-0.1, -0.05) is 54.1 Å². The van der Waals surface area contributed by atoms with Crippen LogP contribution < -0.4 is 5.14 Å². The van der Waals surface area contributed by atoms with Gasteiger partial charge in [-0.25, -0.2) is 14.5 Å². The first-order chi connectivity index (χ1) is 19.7. The van der Waals surface area contributed by atoms with Gasteiger partial charge in [0.1, 0.15) is 0 Å². The van der Waals surface area contributed by atoms with E-state index in [0.717, 1.165) is 39.0 Å². The second kappa shape index (κ2) is 10.9. The van der Waals surface area contributed by atoms with Crippen molar-refractivity contribution in [2.75, 3.05) is 0 Å². The van der Waals surface area contributed by atoms with E-state index in [1.54, 1.807) is 12.1 Å². The first-order valence-electron chi connectivity index (χ1n) is 12.4.